The van der Waals surface area contributed by atoms with Gasteiger partial charge in [0.05, 0.1) is 11.0 Å². The first-order chi connectivity index (χ1) is 12.6. The minimum atomic E-state index is -0.536. The van der Waals surface area contributed by atoms with Crippen LogP contribution in [0.3, 0.4) is 0 Å². The largest absolute Gasteiger partial charge is 0.484 e. The molecule has 2 amide bonds. The maximum Gasteiger partial charge on any atom is 0.410 e. The Balaban J connectivity index is 1.74. The van der Waals surface area contributed by atoms with Crippen LogP contribution in [-0.4, -0.2) is 53.2 Å². The zero-order chi connectivity index (χ0) is 20.0. The minimum absolute atomic E-state index is 0.0510. The summed E-state index contributed by atoms with van der Waals surface area (Å²) in [6.07, 6.45) is 0.908. The summed E-state index contributed by atoms with van der Waals surface area (Å²) in [6.45, 7) is 6.24. The lowest BCUT2D eigenvalue weighted by atomic mass is 10.1. The first-order valence-corrected chi connectivity index (χ1v) is 8.78. The number of nitrogens with zero attached hydrogens (tertiary/aromatic N) is 2. The van der Waals surface area contributed by atoms with Gasteiger partial charge in [-0.25, -0.2) is 4.79 Å². The van der Waals surface area contributed by atoms with Gasteiger partial charge in [-0.1, -0.05) is 6.07 Å². The Kier molecular flexibility index (Phi) is 6.59. The Morgan fingerprint density at radius 1 is 1.30 bits per heavy atom. The van der Waals surface area contributed by atoms with Gasteiger partial charge >= 0.3 is 6.09 Å². The van der Waals surface area contributed by atoms with E-state index in [9.17, 15) is 19.7 Å². The number of rotatable bonds is 5. The monoisotopic (exact) mass is 379 g/mol. The summed E-state index contributed by atoms with van der Waals surface area (Å²) < 4.78 is 10.7. The van der Waals surface area contributed by atoms with Crippen molar-refractivity contribution < 1.29 is 24.0 Å². The molecule has 0 atom stereocenters. The average molecular weight is 379 g/mol. The van der Waals surface area contributed by atoms with Gasteiger partial charge in [0.1, 0.15) is 11.4 Å². The van der Waals surface area contributed by atoms with Crippen LogP contribution in [0.4, 0.5) is 10.5 Å². The summed E-state index contributed by atoms with van der Waals surface area (Å²) in [5.74, 6) is -0.0451. The normalized spacial score (nSPS) is 15.1. The van der Waals surface area contributed by atoms with Gasteiger partial charge in [-0.05, 0) is 39.7 Å². The second kappa shape index (κ2) is 8.70. The highest BCUT2D eigenvalue weighted by Gasteiger charge is 2.27. The summed E-state index contributed by atoms with van der Waals surface area (Å²) in [4.78, 5) is 35.9. The second-order valence-corrected chi connectivity index (χ2v) is 7.35. The van der Waals surface area contributed by atoms with E-state index in [1.54, 1.807) is 11.0 Å². The van der Waals surface area contributed by atoms with E-state index in [4.69, 9.17) is 9.47 Å². The number of non-ortho nitro benzene ring substituents is 1. The predicted octanol–water partition coefficient (Wildman–Crippen LogP) is 2.49. The number of benzene rings is 1. The van der Waals surface area contributed by atoms with E-state index in [0.29, 0.717) is 25.9 Å². The number of amides is 2. The van der Waals surface area contributed by atoms with Crippen LogP contribution in [0.15, 0.2) is 24.3 Å². The van der Waals surface area contributed by atoms with Crippen molar-refractivity contribution in [3.8, 4) is 5.75 Å². The summed E-state index contributed by atoms with van der Waals surface area (Å²) in [7, 11) is 0. The van der Waals surface area contributed by atoms with Gasteiger partial charge in [0.2, 0.25) is 0 Å². The topological polar surface area (TPSA) is 111 Å². The van der Waals surface area contributed by atoms with E-state index >= 15 is 0 Å². The molecule has 0 spiro atoms. The number of likely N-dealkylation sites (tertiary alicyclic amines) is 1. The third-order valence-electron chi connectivity index (χ3n) is 3.91. The van der Waals surface area contributed by atoms with E-state index in [0.717, 1.165) is 0 Å². The molecule has 1 aromatic carbocycles. The molecular weight excluding hydrogens is 354 g/mol. The zero-order valence-electron chi connectivity index (χ0n) is 15.8. The Labute approximate surface area is 157 Å². The highest BCUT2D eigenvalue weighted by molar-refractivity contribution is 5.78. The van der Waals surface area contributed by atoms with Crippen LogP contribution in [0.1, 0.15) is 33.6 Å². The van der Waals surface area contributed by atoms with Crippen molar-refractivity contribution in [3.63, 3.8) is 0 Å². The lowest BCUT2D eigenvalue weighted by Gasteiger charge is -2.33. The Morgan fingerprint density at radius 3 is 2.56 bits per heavy atom. The Morgan fingerprint density at radius 2 is 1.96 bits per heavy atom. The fraction of sp³-hybridized carbons (Fsp3) is 0.556. The third-order valence-corrected chi connectivity index (χ3v) is 3.91. The molecule has 1 fully saturated rings. The predicted molar refractivity (Wildman–Crippen MR) is 97.6 cm³/mol. The van der Waals surface area contributed by atoms with Crippen molar-refractivity contribution in [1.29, 1.82) is 0 Å². The van der Waals surface area contributed by atoms with Gasteiger partial charge in [-0.3, -0.25) is 14.9 Å². The molecule has 1 aliphatic rings. The molecule has 0 aliphatic carbocycles. The number of hydrogen-bond donors (Lipinski definition) is 1. The van der Waals surface area contributed by atoms with Gasteiger partial charge in [-0.2, -0.15) is 0 Å². The lowest BCUT2D eigenvalue weighted by molar-refractivity contribution is -0.384. The van der Waals surface area contributed by atoms with Crippen LogP contribution in [0.5, 0.6) is 5.75 Å². The summed E-state index contributed by atoms with van der Waals surface area (Å²) in [5.41, 5.74) is -0.631. The molecule has 1 heterocycles. The summed E-state index contributed by atoms with van der Waals surface area (Å²) >= 11 is 0. The SMILES string of the molecule is CC(C)(C)OC(=O)N1CCC(NC(=O)COc2cccc([N+](=O)[O-])c2)CC1. The summed E-state index contributed by atoms with van der Waals surface area (Å²) in [5, 5.41) is 13.6. The number of piperidine rings is 1. The fourth-order valence-electron chi connectivity index (χ4n) is 2.64. The molecule has 0 radical (unpaired) electrons. The zero-order valence-corrected chi connectivity index (χ0v) is 15.8. The maximum atomic E-state index is 12.0. The highest BCUT2D eigenvalue weighted by atomic mass is 16.6. The van der Waals surface area contributed by atoms with E-state index < -0.39 is 10.5 Å². The van der Waals surface area contributed by atoms with Gasteiger partial charge in [0, 0.05) is 25.2 Å². The van der Waals surface area contributed by atoms with E-state index in [1.165, 1.54) is 18.2 Å². The third kappa shape index (κ3) is 6.76. The van der Waals surface area contributed by atoms with Crippen molar-refractivity contribution in [1.82, 2.24) is 10.2 Å². The number of carbonyl (C=O) groups is 2. The van der Waals surface area contributed by atoms with Crippen LogP contribution < -0.4 is 10.1 Å². The molecule has 1 N–H and O–H groups in total. The molecule has 0 aromatic heterocycles. The lowest BCUT2D eigenvalue weighted by Crippen LogP contribution is -2.48. The number of hydrogen-bond acceptors (Lipinski definition) is 6. The Bertz CT molecular complexity index is 693. The molecule has 1 aliphatic heterocycles. The van der Waals surface area contributed by atoms with E-state index in [1.807, 2.05) is 20.8 Å². The van der Waals surface area contributed by atoms with Gasteiger partial charge < -0.3 is 19.7 Å². The van der Waals surface area contributed by atoms with Crippen molar-refractivity contribution in [2.75, 3.05) is 19.7 Å². The van der Waals surface area contributed by atoms with Crippen LogP contribution in [0.2, 0.25) is 0 Å². The Hall–Kier alpha value is -2.84. The molecule has 0 bridgehead atoms. The molecule has 27 heavy (non-hydrogen) atoms. The van der Waals surface area contributed by atoms with Gasteiger partial charge in [0.25, 0.3) is 11.6 Å². The molecule has 148 valence electrons. The number of ether oxygens (including phenoxy) is 2. The van der Waals surface area contributed by atoms with Crippen LogP contribution >= 0.6 is 0 Å². The second-order valence-electron chi connectivity index (χ2n) is 7.35. The quantitative estimate of drug-likeness (QED) is 0.621. The molecule has 9 heteroatoms. The van der Waals surface area contributed by atoms with E-state index in [2.05, 4.69) is 5.32 Å². The number of nitro groups is 1. The average Bonchev–Trinajstić information content (AvgIpc) is 2.59. The number of nitro benzene ring substituents is 1. The number of nitrogens with one attached hydrogen (secondary N) is 1. The van der Waals surface area contributed by atoms with E-state index in [-0.39, 0.29) is 36.1 Å². The molecule has 1 saturated heterocycles. The highest BCUT2D eigenvalue weighted by Crippen LogP contribution is 2.19. The molecule has 2 rings (SSSR count). The maximum absolute atomic E-state index is 12.0. The molecule has 0 unspecified atom stereocenters. The molecule has 9 nitrogen and oxygen atoms in total. The number of carbonyl (C=O) groups excluding carboxylic acids is 2. The van der Waals surface area contributed by atoms with Crippen molar-refractivity contribution >= 4 is 17.7 Å². The first kappa shape index (κ1) is 20.5. The van der Waals surface area contributed by atoms with Gasteiger partial charge in [0.15, 0.2) is 6.61 Å². The van der Waals surface area contributed by atoms with Crippen LogP contribution in [0.25, 0.3) is 0 Å². The van der Waals surface area contributed by atoms with Crippen LogP contribution in [-0.2, 0) is 9.53 Å². The van der Waals surface area contributed by atoms with Crippen molar-refractivity contribution in [3.05, 3.63) is 34.4 Å². The van der Waals surface area contributed by atoms with Crippen molar-refractivity contribution in [2.45, 2.75) is 45.3 Å². The van der Waals surface area contributed by atoms with Crippen LogP contribution in [0, 0.1) is 10.1 Å². The molecular formula is C18H25N3O6. The van der Waals surface area contributed by atoms with Crippen molar-refractivity contribution in [2.24, 2.45) is 0 Å². The minimum Gasteiger partial charge on any atom is -0.484 e. The van der Waals surface area contributed by atoms with Gasteiger partial charge in [-0.15, -0.1) is 0 Å². The molecule has 0 saturated carbocycles. The fourth-order valence-corrected chi connectivity index (χ4v) is 2.64. The smallest absolute Gasteiger partial charge is 0.410 e. The molecule has 1 aromatic rings. The standard InChI is InChI=1S/C18H25N3O6/c1-18(2,3)27-17(23)20-9-7-13(8-10-20)19-16(22)12-26-15-6-4-5-14(11-15)21(24)25/h4-6,11,13H,7-10,12H2,1-3H3,(H,19,22). The first-order valence-electron chi connectivity index (χ1n) is 8.78. The summed E-state index contributed by atoms with van der Waals surface area (Å²) in [6, 6.07) is 5.62.